The fraction of sp³-hybridized carbons (Fsp3) is 0.269. The number of aromatic amines is 1. The number of amides is 4. The number of carboxylic acid groups (broad SMARTS) is 1. The van der Waals surface area contributed by atoms with Gasteiger partial charge in [0.25, 0.3) is 0 Å². The third kappa shape index (κ3) is 7.64. The summed E-state index contributed by atoms with van der Waals surface area (Å²) in [5.41, 5.74) is 12.9. The third-order valence-corrected chi connectivity index (χ3v) is 5.87. The van der Waals surface area contributed by atoms with Gasteiger partial charge in [-0.3, -0.25) is 19.2 Å². The smallest absolute Gasteiger partial charge is 0.326 e. The summed E-state index contributed by atoms with van der Waals surface area (Å²) in [6.45, 7) is -0.363. The lowest BCUT2D eigenvalue weighted by Gasteiger charge is -2.24. The third-order valence-electron chi connectivity index (χ3n) is 5.87. The van der Waals surface area contributed by atoms with E-state index >= 15 is 0 Å². The van der Waals surface area contributed by atoms with Gasteiger partial charge >= 0.3 is 5.97 Å². The lowest BCUT2D eigenvalue weighted by atomic mass is 10.0. The number of aromatic nitrogens is 1. The maximum atomic E-state index is 13.1. The van der Waals surface area contributed by atoms with Gasteiger partial charge in [-0.15, -0.1) is 0 Å². The monoisotopic (exact) mass is 522 g/mol. The normalized spacial score (nSPS) is 13.2. The summed E-state index contributed by atoms with van der Waals surface area (Å²) in [5, 5.41) is 17.9. The Morgan fingerprint density at radius 1 is 0.816 bits per heavy atom. The van der Waals surface area contributed by atoms with E-state index in [4.69, 9.17) is 11.5 Å². The second-order valence-corrected chi connectivity index (χ2v) is 8.71. The van der Waals surface area contributed by atoms with Crippen molar-refractivity contribution in [3.63, 3.8) is 0 Å². The van der Waals surface area contributed by atoms with E-state index in [-0.39, 0.29) is 19.4 Å². The molecule has 0 aliphatic heterocycles. The molecule has 12 heteroatoms. The zero-order chi connectivity index (χ0) is 27.7. The minimum absolute atomic E-state index is 0.0501. The summed E-state index contributed by atoms with van der Waals surface area (Å²) in [4.78, 5) is 64.8. The van der Waals surface area contributed by atoms with E-state index in [1.807, 2.05) is 24.3 Å². The maximum absolute atomic E-state index is 13.1. The number of carbonyl (C=O) groups excluding carboxylic acids is 4. The number of aliphatic carboxylic acids is 1. The molecule has 0 radical (unpaired) electrons. The van der Waals surface area contributed by atoms with Crippen LogP contribution < -0.4 is 27.4 Å². The molecule has 0 aliphatic rings. The summed E-state index contributed by atoms with van der Waals surface area (Å²) in [6.07, 6.45) is 1.11. The molecule has 3 unspecified atom stereocenters. The highest BCUT2D eigenvalue weighted by Crippen LogP contribution is 2.19. The molecular weight excluding hydrogens is 492 g/mol. The zero-order valence-electron chi connectivity index (χ0n) is 20.5. The fourth-order valence-corrected chi connectivity index (χ4v) is 3.99. The van der Waals surface area contributed by atoms with Crippen molar-refractivity contribution in [2.24, 2.45) is 11.5 Å². The van der Waals surface area contributed by atoms with E-state index < -0.39 is 54.1 Å². The molecule has 12 nitrogen and oxygen atoms in total. The number of para-hydroxylation sites is 1. The first kappa shape index (κ1) is 27.9. The van der Waals surface area contributed by atoms with E-state index in [1.165, 1.54) is 0 Å². The molecule has 1 heterocycles. The van der Waals surface area contributed by atoms with Crippen molar-refractivity contribution in [2.45, 2.75) is 37.4 Å². The number of nitrogens with one attached hydrogen (secondary N) is 4. The molecule has 0 saturated carbocycles. The van der Waals surface area contributed by atoms with Crippen molar-refractivity contribution < 1.29 is 29.1 Å². The van der Waals surface area contributed by atoms with E-state index in [1.54, 1.807) is 36.5 Å². The van der Waals surface area contributed by atoms with E-state index in [0.29, 0.717) is 5.56 Å². The summed E-state index contributed by atoms with van der Waals surface area (Å²) in [7, 11) is 0. The van der Waals surface area contributed by atoms with E-state index in [0.717, 1.165) is 16.5 Å². The lowest BCUT2D eigenvalue weighted by Crippen LogP contribution is -2.57. The quantitative estimate of drug-likeness (QED) is 0.154. The topological polar surface area (TPSA) is 209 Å². The number of nitrogens with two attached hydrogens (primary N) is 2. The molecule has 0 spiro atoms. The van der Waals surface area contributed by atoms with Crippen molar-refractivity contribution in [1.29, 1.82) is 0 Å². The van der Waals surface area contributed by atoms with Crippen LogP contribution in [0.25, 0.3) is 10.9 Å². The van der Waals surface area contributed by atoms with Gasteiger partial charge in [0.1, 0.15) is 18.1 Å². The van der Waals surface area contributed by atoms with Crippen LogP contribution in [0.4, 0.5) is 0 Å². The van der Waals surface area contributed by atoms with Crippen LogP contribution in [0.2, 0.25) is 0 Å². The molecule has 38 heavy (non-hydrogen) atoms. The Morgan fingerprint density at radius 3 is 2.11 bits per heavy atom. The van der Waals surface area contributed by atoms with Crippen LogP contribution in [0.3, 0.4) is 0 Å². The first-order chi connectivity index (χ1) is 18.2. The number of hydrogen-bond donors (Lipinski definition) is 7. The molecule has 4 amide bonds. The van der Waals surface area contributed by atoms with E-state index in [9.17, 15) is 29.1 Å². The number of carboxylic acids is 1. The molecule has 0 aliphatic carbocycles. The molecule has 1 aromatic heterocycles. The SMILES string of the molecule is NCC(=O)NC(Cc1ccccc1)C(=O)NC(CC(N)=O)C(=O)NC(Cc1c[nH]c2ccccc12)C(=O)O. The Labute approximate surface area is 218 Å². The van der Waals surface area contributed by atoms with Crippen LogP contribution in [0.15, 0.2) is 60.8 Å². The molecule has 2 aromatic carbocycles. The predicted molar refractivity (Wildman–Crippen MR) is 138 cm³/mol. The van der Waals surface area contributed by atoms with Crippen LogP contribution in [-0.4, -0.2) is 64.4 Å². The molecule has 3 aromatic rings. The Kier molecular flexibility index (Phi) is 9.54. The zero-order valence-corrected chi connectivity index (χ0v) is 20.5. The van der Waals surface area contributed by atoms with Gasteiger partial charge in [-0.1, -0.05) is 48.5 Å². The number of fused-ring (bicyclic) bond motifs is 1. The molecule has 3 rings (SSSR count). The van der Waals surface area contributed by atoms with Gasteiger partial charge in [0.05, 0.1) is 13.0 Å². The summed E-state index contributed by atoms with van der Waals surface area (Å²) in [6, 6.07) is 12.2. The highest BCUT2D eigenvalue weighted by atomic mass is 16.4. The highest BCUT2D eigenvalue weighted by Gasteiger charge is 2.31. The Balaban J connectivity index is 1.76. The van der Waals surface area contributed by atoms with Gasteiger partial charge in [-0.25, -0.2) is 4.79 Å². The van der Waals surface area contributed by atoms with Gasteiger partial charge in [0, 0.05) is 29.9 Å². The Hall–Kier alpha value is -4.71. The largest absolute Gasteiger partial charge is 0.480 e. The molecule has 0 saturated heterocycles. The Bertz CT molecular complexity index is 1310. The summed E-state index contributed by atoms with van der Waals surface area (Å²) >= 11 is 0. The molecule has 3 atom stereocenters. The number of hydrogen-bond acceptors (Lipinski definition) is 6. The van der Waals surface area contributed by atoms with Crippen LogP contribution in [0.5, 0.6) is 0 Å². The maximum Gasteiger partial charge on any atom is 0.326 e. The van der Waals surface area contributed by atoms with Crippen LogP contribution in [0.1, 0.15) is 17.5 Å². The van der Waals surface area contributed by atoms with Crippen molar-refractivity contribution in [1.82, 2.24) is 20.9 Å². The average molecular weight is 523 g/mol. The number of H-pyrrole nitrogens is 1. The molecule has 200 valence electrons. The predicted octanol–water partition coefficient (Wildman–Crippen LogP) is -0.674. The molecule has 0 fully saturated rings. The van der Waals surface area contributed by atoms with Gasteiger partial charge in [-0.2, -0.15) is 0 Å². The standard InChI is InChI=1S/C26H30N6O6/c27-13-23(34)30-19(10-15-6-2-1-3-7-15)24(35)31-20(12-22(28)33)25(36)32-21(26(37)38)11-16-14-29-18-9-5-4-8-17(16)18/h1-9,14,19-21,29H,10-13,27H2,(H2,28,33)(H,30,34)(H,31,35)(H,32,36)(H,37,38). The van der Waals surface area contributed by atoms with Gasteiger partial charge in [-0.05, 0) is 17.2 Å². The Morgan fingerprint density at radius 2 is 1.45 bits per heavy atom. The highest BCUT2D eigenvalue weighted by molar-refractivity contribution is 5.96. The number of carbonyl (C=O) groups is 5. The van der Waals surface area contributed by atoms with Crippen LogP contribution >= 0.6 is 0 Å². The van der Waals surface area contributed by atoms with Gasteiger partial charge in [0.15, 0.2) is 0 Å². The summed E-state index contributed by atoms with van der Waals surface area (Å²) in [5.74, 6) is -4.46. The lowest BCUT2D eigenvalue weighted by molar-refractivity contribution is -0.142. The first-order valence-electron chi connectivity index (χ1n) is 11.9. The molecular formula is C26H30N6O6. The average Bonchev–Trinajstić information content (AvgIpc) is 3.30. The van der Waals surface area contributed by atoms with E-state index in [2.05, 4.69) is 20.9 Å². The number of primary amides is 1. The molecule has 0 bridgehead atoms. The minimum atomic E-state index is -1.47. The summed E-state index contributed by atoms with van der Waals surface area (Å²) < 4.78 is 0. The van der Waals surface area contributed by atoms with Crippen molar-refractivity contribution in [2.75, 3.05) is 6.54 Å². The van der Waals surface area contributed by atoms with Gasteiger partial charge < -0.3 is 37.5 Å². The van der Waals surface area contributed by atoms with Gasteiger partial charge in [0.2, 0.25) is 23.6 Å². The first-order valence-corrected chi connectivity index (χ1v) is 11.9. The minimum Gasteiger partial charge on any atom is -0.480 e. The second kappa shape index (κ2) is 13.0. The number of rotatable bonds is 13. The second-order valence-electron chi connectivity index (χ2n) is 8.71. The van der Waals surface area contributed by atoms with Crippen LogP contribution in [0, 0.1) is 0 Å². The number of benzene rings is 2. The van der Waals surface area contributed by atoms with Crippen molar-refractivity contribution in [3.05, 3.63) is 71.9 Å². The van der Waals surface area contributed by atoms with Crippen molar-refractivity contribution in [3.8, 4) is 0 Å². The van der Waals surface area contributed by atoms with Crippen molar-refractivity contribution >= 4 is 40.5 Å². The molecule has 9 N–H and O–H groups in total. The van der Waals surface area contributed by atoms with Crippen LogP contribution in [-0.2, 0) is 36.8 Å². The fourth-order valence-electron chi connectivity index (χ4n) is 3.99.